The highest BCUT2D eigenvalue weighted by Crippen LogP contribution is 2.16. The zero-order valence-electron chi connectivity index (χ0n) is 9.68. The van der Waals surface area contributed by atoms with Gasteiger partial charge in [-0.15, -0.1) is 0 Å². The molecule has 1 aromatic carbocycles. The van der Waals surface area contributed by atoms with E-state index in [2.05, 4.69) is 27.9 Å². The molecule has 0 unspecified atom stereocenters. The van der Waals surface area contributed by atoms with Crippen LogP contribution in [0.3, 0.4) is 0 Å². The van der Waals surface area contributed by atoms with E-state index in [1.54, 1.807) is 24.3 Å². The van der Waals surface area contributed by atoms with E-state index in [0.717, 1.165) is 15.2 Å². The molecule has 0 aliphatic heterocycles. The first-order chi connectivity index (χ1) is 8.45. The molecular formula is C12H12INO3S. The summed E-state index contributed by atoms with van der Waals surface area (Å²) >= 11 is 2.11. The standard InChI is InChI=1S/C12H12INO3S/c1-18(15,16)11-5-2-9(3-6-11)14-8-10-4-7-12(13)17-10/h2-7,14H,8H2,1H3. The summed E-state index contributed by atoms with van der Waals surface area (Å²) in [6.07, 6.45) is 1.19. The van der Waals surface area contributed by atoms with Crippen LogP contribution in [-0.4, -0.2) is 14.7 Å². The van der Waals surface area contributed by atoms with Gasteiger partial charge >= 0.3 is 0 Å². The maximum atomic E-state index is 11.3. The molecule has 18 heavy (non-hydrogen) atoms. The average molecular weight is 377 g/mol. The Hall–Kier alpha value is -1.02. The molecule has 96 valence electrons. The minimum absolute atomic E-state index is 0.320. The van der Waals surface area contributed by atoms with Crippen molar-refractivity contribution in [1.82, 2.24) is 0 Å². The Balaban J connectivity index is 2.03. The third-order valence-corrected chi connectivity index (χ3v) is 4.09. The van der Waals surface area contributed by atoms with E-state index in [0.29, 0.717) is 11.4 Å². The fraction of sp³-hybridized carbons (Fsp3) is 0.167. The first-order valence-corrected chi connectivity index (χ1v) is 8.20. The summed E-state index contributed by atoms with van der Waals surface area (Å²) in [4.78, 5) is 0.320. The molecule has 0 bridgehead atoms. The summed E-state index contributed by atoms with van der Waals surface area (Å²) in [5.41, 5.74) is 0.855. The van der Waals surface area contributed by atoms with Crippen LogP contribution in [0, 0.1) is 3.77 Å². The van der Waals surface area contributed by atoms with Crippen LogP contribution < -0.4 is 5.32 Å². The van der Waals surface area contributed by atoms with Gasteiger partial charge in [-0.25, -0.2) is 8.42 Å². The SMILES string of the molecule is CS(=O)(=O)c1ccc(NCc2ccc(I)o2)cc1. The summed E-state index contributed by atoms with van der Waals surface area (Å²) in [7, 11) is -3.13. The Labute approximate surface area is 119 Å². The number of benzene rings is 1. The van der Waals surface area contributed by atoms with Gasteiger partial charge in [-0.05, 0) is 59.0 Å². The molecule has 0 aliphatic carbocycles. The van der Waals surface area contributed by atoms with Gasteiger partial charge in [0.2, 0.25) is 0 Å². The lowest BCUT2D eigenvalue weighted by Crippen LogP contribution is -2.00. The Bertz CT molecular complexity index is 632. The minimum atomic E-state index is -3.13. The molecule has 4 nitrogen and oxygen atoms in total. The molecule has 6 heteroatoms. The van der Waals surface area contributed by atoms with Crippen LogP contribution in [-0.2, 0) is 16.4 Å². The molecule has 2 aromatic rings. The Morgan fingerprint density at radius 1 is 1.17 bits per heavy atom. The van der Waals surface area contributed by atoms with E-state index in [4.69, 9.17) is 4.42 Å². The van der Waals surface area contributed by atoms with Crippen molar-refractivity contribution in [2.75, 3.05) is 11.6 Å². The monoisotopic (exact) mass is 377 g/mol. The average Bonchev–Trinajstić information content (AvgIpc) is 2.72. The zero-order chi connectivity index (χ0) is 13.2. The van der Waals surface area contributed by atoms with Crippen molar-refractivity contribution in [3.05, 3.63) is 45.9 Å². The highest BCUT2D eigenvalue weighted by atomic mass is 127. The van der Waals surface area contributed by atoms with Crippen molar-refractivity contribution in [2.45, 2.75) is 11.4 Å². The van der Waals surface area contributed by atoms with Crippen LogP contribution in [0.4, 0.5) is 5.69 Å². The van der Waals surface area contributed by atoms with Gasteiger partial charge in [-0.1, -0.05) is 0 Å². The van der Waals surface area contributed by atoms with E-state index in [1.807, 2.05) is 12.1 Å². The van der Waals surface area contributed by atoms with Crippen molar-refractivity contribution < 1.29 is 12.8 Å². The lowest BCUT2D eigenvalue weighted by molar-refractivity contribution is 0.493. The molecule has 0 spiro atoms. The fourth-order valence-electron chi connectivity index (χ4n) is 1.46. The van der Waals surface area contributed by atoms with Crippen molar-refractivity contribution >= 4 is 38.1 Å². The number of nitrogens with one attached hydrogen (secondary N) is 1. The summed E-state index contributed by atoms with van der Waals surface area (Å²) in [6, 6.07) is 10.5. The van der Waals surface area contributed by atoms with Crippen molar-refractivity contribution in [3.8, 4) is 0 Å². The van der Waals surface area contributed by atoms with Crippen molar-refractivity contribution in [2.24, 2.45) is 0 Å². The Morgan fingerprint density at radius 2 is 1.83 bits per heavy atom. The van der Waals surface area contributed by atoms with Gasteiger partial charge in [-0.2, -0.15) is 0 Å². The Morgan fingerprint density at radius 3 is 2.33 bits per heavy atom. The number of halogens is 1. The molecule has 0 amide bonds. The lowest BCUT2D eigenvalue weighted by atomic mass is 10.3. The second-order valence-electron chi connectivity index (χ2n) is 3.86. The van der Waals surface area contributed by atoms with E-state index < -0.39 is 9.84 Å². The molecule has 0 fully saturated rings. The van der Waals surface area contributed by atoms with Crippen LogP contribution in [0.1, 0.15) is 5.76 Å². The van der Waals surface area contributed by atoms with Crippen molar-refractivity contribution in [1.29, 1.82) is 0 Å². The fourth-order valence-corrected chi connectivity index (χ4v) is 2.55. The van der Waals surface area contributed by atoms with Crippen molar-refractivity contribution in [3.63, 3.8) is 0 Å². The van der Waals surface area contributed by atoms with Crippen LogP contribution in [0.5, 0.6) is 0 Å². The molecule has 0 saturated carbocycles. The third-order valence-electron chi connectivity index (χ3n) is 2.38. The Kier molecular flexibility index (Phi) is 3.96. The number of sulfone groups is 1. The number of rotatable bonds is 4. The van der Waals surface area contributed by atoms with Crippen LogP contribution in [0.25, 0.3) is 0 Å². The van der Waals surface area contributed by atoms with E-state index in [9.17, 15) is 8.42 Å². The first-order valence-electron chi connectivity index (χ1n) is 5.23. The predicted octanol–water partition coefficient (Wildman–Crippen LogP) is 2.90. The van der Waals surface area contributed by atoms with Gasteiger partial charge in [0.05, 0.1) is 11.4 Å². The van der Waals surface area contributed by atoms with Crippen LogP contribution >= 0.6 is 22.6 Å². The zero-order valence-corrected chi connectivity index (χ0v) is 12.7. The lowest BCUT2D eigenvalue weighted by Gasteiger charge is -2.05. The second kappa shape index (κ2) is 5.31. The topological polar surface area (TPSA) is 59.3 Å². The minimum Gasteiger partial charge on any atom is -0.454 e. The molecule has 0 radical (unpaired) electrons. The maximum absolute atomic E-state index is 11.3. The first kappa shape index (κ1) is 13.4. The molecule has 1 aromatic heterocycles. The summed E-state index contributed by atoms with van der Waals surface area (Å²) in [5, 5.41) is 3.16. The van der Waals surface area contributed by atoms with Gasteiger partial charge < -0.3 is 9.73 Å². The van der Waals surface area contributed by atoms with E-state index >= 15 is 0 Å². The third kappa shape index (κ3) is 3.49. The molecule has 0 aliphatic rings. The predicted molar refractivity (Wildman–Crippen MR) is 78.3 cm³/mol. The highest BCUT2D eigenvalue weighted by Gasteiger charge is 2.06. The van der Waals surface area contributed by atoms with Crippen LogP contribution in [0.2, 0.25) is 0 Å². The van der Waals surface area contributed by atoms with Crippen LogP contribution in [0.15, 0.2) is 45.7 Å². The number of furan rings is 1. The summed E-state index contributed by atoms with van der Waals surface area (Å²) in [5.74, 6) is 0.839. The largest absolute Gasteiger partial charge is 0.454 e. The second-order valence-corrected chi connectivity index (χ2v) is 6.93. The molecule has 0 saturated heterocycles. The summed E-state index contributed by atoms with van der Waals surface area (Å²) in [6.45, 7) is 0.571. The van der Waals surface area contributed by atoms with Gasteiger partial charge in [0.15, 0.2) is 13.6 Å². The molecule has 0 atom stereocenters. The highest BCUT2D eigenvalue weighted by molar-refractivity contribution is 14.1. The maximum Gasteiger partial charge on any atom is 0.175 e. The normalized spacial score (nSPS) is 11.4. The smallest absolute Gasteiger partial charge is 0.175 e. The molecular weight excluding hydrogens is 365 g/mol. The van der Waals surface area contributed by atoms with Gasteiger partial charge in [0, 0.05) is 11.9 Å². The molecule has 2 rings (SSSR count). The number of anilines is 1. The van der Waals surface area contributed by atoms with Gasteiger partial charge in [0.25, 0.3) is 0 Å². The molecule has 1 N–H and O–H groups in total. The van der Waals surface area contributed by atoms with E-state index in [1.165, 1.54) is 6.26 Å². The number of hydrogen-bond acceptors (Lipinski definition) is 4. The quantitative estimate of drug-likeness (QED) is 0.833. The summed E-state index contributed by atoms with van der Waals surface area (Å²) < 4.78 is 28.8. The number of hydrogen-bond donors (Lipinski definition) is 1. The van der Waals surface area contributed by atoms with Gasteiger partial charge in [0.1, 0.15) is 5.76 Å². The van der Waals surface area contributed by atoms with Gasteiger partial charge in [-0.3, -0.25) is 0 Å². The van der Waals surface area contributed by atoms with E-state index in [-0.39, 0.29) is 0 Å². The molecule has 1 heterocycles.